The lowest BCUT2D eigenvalue weighted by atomic mass is 10.3. The molecule has 2 aromatic carbocycles. The zero-order chi connectivity index (χ0) is 18.8. The van der Waals surface area contributed by atoms with Crippen LogP contribution in [0.2, 0.25) is 0 Å². The van der Waals surface area contributed by atoms with Gasteiger partial charge >= 0.3 is 0 Å². The van der Waals surface area contributed by atoms with Crippen molar-refractivity contribution in [1.82, 2.24) is 0 Å². The fourth-order valence-corrected chi connectivity index (χ4v) is 2.30. The maximum atomic E-state index is 10.4. The van der Waals surface area contributed by atoms with Gasteiger partial charge in [0.15, 0.2) is 0 Å². The monoisotopic (exact) mass is 356 g/mol. The lowest BCUT2D eigenvalue weighted by Crippen LogP contribution is -2.11. The van der Waals surface area contributed by atoms with Crippen LogP contribution in [-0.4, -0.2) is 16.1 Å². The van der Waals surface area contributed by atoms with Gasteiger partial charge in [0.05, 0.1) is 4.92 Å². The molecule has 0 aromatic heterocycles. The number of ether oxygens (including phenoxy) is 2. The number of hydrogen-bond acceptors (Lipinski definition) is 5. The quantitative estimate of drug-likeness (QED) is 0.475. The highest BCUT2D eigenvalue weighted by atomic mass is 16.6. The molecule has 2 aliphatic carbocycles. The SMILES string of the molecule is CC1(Oc2ccc(N)cc2)CC1.CC1(Oc2ccc([N+](=O)[O-])cc2)CC1. The van der Waals surface area contributed by atoms with E-state index in [0.29, 0.717) is 5.75 Å². The van der Waals surface area contributed by atoms with Gasteiger partial charge in [-0.2, -0.15) is 0 Å². The molecule has 0 unspecified atom stereocenters. The lowest BCUT2D eigenvalue weighted by molar-refractivity contribution is -0.384. The van der Waals surface area contributed by atoms with E-state index in [2.05, 4.69) is 6.92 Å². The predicted octanol–water partition coefficient (Wildman–Crippen LogP) is 4.73. The van der Waals surface area contributed by atoms with Crippen molar-refractivity contribution in [1.29, 1.82) is 0 Å². The molecular formula is C20H24N2O4. The van der Waals surface area contributed by atoms with Crippen molar-refractivity contribution >= 4 is 11.4 Å². The zero-order valence-electron chi connectivity index (χ0n) is 15.1. The summed E-state index contributed by atoms with van der Waals surface area (Å²) in [5.74, 6) is 1.62. The van der Waals surface area contributed by atoms with Crippen LogP contribution in [0, 0.1) is 10.1 Å². The Bertz CT molecular complexity index is 763. The Morgan fingerprint density at radius 1 is 0.846 bits per heavy atom. The minimum atomic E-state index is -0.414. The summed E-state index contributed by atoms with van der Waals surface area (Å²) >= 11 is 0. The van der Waals surface area contributed by atoms with Crippen LogP contribution < -0.4 is 15.2 Å². The summed E-state index contributed by atoms with van der Waals surface area (Å²) in [4.78, 5) is 9.96. The highest BCUT2D eigenvalue weighted by Crippen LogP contribution is 2.40. The molecule has 2 aromatic rings. The van der Waals surface area contributed by atoms with Gasteiger partial charge in [-0.15, -0.1) is 0 Å². The van der Waals surface area contributed by atoms with Gasteiger partial charge in [-0.05, 0) is 75.9 Å². The maximum Gasteiger partial charge on any atom is 0.269 e. The molecule has 138 valence electrons. The highest BCUT2D eigenvalue weighted by Gasteiger charge is 2.40. The molecule has 0 amide bonds. The average Bonchev–Trinajstić information content (AvgIpc) is 3.51. The molecule has 2 aliphatic rings. The Morgan fingerprint density at radius 2 is 1.23 bits per heavy atom. The minimum absolute atomic E-state index is 0.0316. The average molecular weight is 356 g/mol. The summed E-state index contributed by atoms with van der Waals surface area (Å²) in [7, 11) is 0. The number of nitro benzene ring substituents is 1. The number of nitrogens with two attached hydrogens (primary N) is 1. The first kappa shape index (κ1) is 18.0. The van der Waals surface area contributed by atoms with Crippen molar-refractivity contribution in [2.45, 2.75) is 50.7 Å². The molecule has 0 saturated heterocycles. The molecule has 6 nitrogen and oxygen atoms in total. The Labute approximate surface area is 153 Å². The molecule has 2 N–H and O–H groups in total. The van der Waals surface area contributed by atoms with Crippen LogP contribution >= 0.6 is 0 Å². The molecule has 0 atom stereocenters. The van der Waals surface area contributed by atoms with Crippen molar-refractivity contribution in [2.24, 2.45) is 0 Å². The second kappa shape index (κ2) is 6.86. The molecule has 6 heteroatoms. The molecule has 4 rings (SSSR count). The zero-order valence-corrected chi connectivity index (χ0v) is 15.1. The van der Waals surface area contributed by atoms with Crippen molar-refractivity contribution in [3.63, 3.8) is 0 Å². The summed E-state index contributed by atoms with van der Waals surface area (Å²) in [6.07, 6.45) is 4.45. The fourth-order valence-electron chi connectivity index (χ4n) is 2.30. The number of nitro groups is 1. The van der Waals surface area contributed by atoms with Crippen LogP contribution in [0.25, 0.3) is 0 Å². The normalized spacial score (nSPS) is 18.1. The van der Waals surface area contributed by atoms with E-state index in [1.807, 2.05) is 31.2 Å². The van der Waals surface area contributed by atoms with E-state index in [0.717, 1.165) is 37.1 Å². The van der Waals surface area contributed by atoms with E-state index in [9.17, 15) is 10.1 Å². The summed E-state index contributed by atoms with van der Waals surface area (Å²) in [6, 6.07) is 13.8. The number of benzene rings is 2. The molecule has 2 saturated carbocycles. The van der Waals surface area contributed by atoms with E-state index >= 15 is 0 Å². The van der Waals surface area contributed by atoms with Crippen molar-refractivity contribution in [2.75, 3.05) is 5.73 Å². The molecule has 0 radical (unpaired) electrons. The summed E-state index contributed by atoms with van der Waals surface area (Å²) < 4.78 is 11.3. The molecule has 0 spiro atoms. The topological polar surface area (TPSA) is 87.6 Å². The van der Waals surface area contributed by atoms with Gasteiger partial charge in [-0.3, -0.25) is 10.1 Å². The number of nitrogens with zero attached hydrogens (tertiary/aromatic N) is 1. The predicted molar refractivity (Wildman–Crippen MR) is 100 cm³/mol. The van der Waals surface area contributed by atoms with Gasteiger partial charge in [0.2, 0.25) is 0 Å². The number of non-ortho nitro benzene ring substituents is 1. The van der Waals surface area contributed by atoms with E-state index in [4.69, 9.17) is 15.2 Å². The van der Waals surface area contributed by atoms with Crippen LogP contribution in [0.15, 0.2) is 48.5 Å². The summed E-state index contributed by atoms with van der Waals surface area (Å²) in [6.45, 7) is 4.16. The first-order valence-corrected chi connectivity index (χ1v) is 8.75. The molecule has 0 heterocycles. The Hall–Kier alpha value is -2.76. The Balaban J connectivity index is 0.000000152. The Morgan fingerprint density at radius 3 is 1.58 bits per heavy atom. The fraction of sp³-hybridized carbons (Fsp3) is 0.400. The number of rotatable bonds is 5. The lowest BCUT2D eigenvalue weighted by Gasteiger charge is -2.12. The van der Waals surface area contributed by atoms with Gasteiger partial charge < -0.3 is 15.2 Å². The van der Waals surface area contributed by atoms with Gasteiger partial charge in [-0.1, -0.05) is 0 Å². The largest absolute Gasteiger partial charge is 0.488 e. The third-order valence-corrected chi connectivity index (χ3v) is 4.56. The molecule has 0 bridgehead atoms. The minimum Gasteiger partial charge on any atom is -0.488 e. The number of anilines is 1. The number of hydrogen-bond donors (Lipinski definition) is 1. The van der Waals surface area contributed by atoms with Crippen LogP contribution in [0.3, 0.4) is 0 Å². The third kappa shape index (κ3) is 5.12. The second-order valence-electron chi connectivity index (χ2n) is 7.42. The Kier molecular flexibility index (Phi) is 4.76. The first-order chi connectivity index (χ1) is 12.3. The van der Waals surface area contributed by atoms with Crippen LogP contribution in [-0.2, 0) is 0 Å². The van der Waals surface area contributed by atoms with Gasteiger partial charge in [0, 0.05) is 17.8 Å². The molecule has 26 heavy (non-hydrogen) atoms. The van der Waals surface area contributed by atoms with Crippen molar-refractivity contribution in [3.05, 3.63) is 58.6 Å². The second-order valence-corrected chi connectivity index (χ2v) is 7.42. The van der Waals surface area contributed by atoms with Crippen LogP contribution in [0.4, 0.5) is 11.4 Å². The van der Waals surface area contributed by atoms with E-state index in [-0.39, 0.29) is 16.9 Å². The summed E-state index contributed by atoms with van der Waals surface area (Å²) in [5, 5.41) is 10.4. The summed E-state index contributed by atoms with van der Waals surface area (Å²) in [5.41, 5.74) is 6.50. The number of nitrogen functional groups attached to an aromatic ring is 1. The van der Waals surface area contributed by atoms with Crippen molar-refractivity contribution < 1.29 is 14.4 Å². The smallest absolute Gasteiger partial charge is 0.269 e. The first-order valence-electron chi connectivity index (χ1n) is 8.75. The van der Waals surface area contributed by atoms with Gasteiger partial charge in [0.25, 0.3) is 5.69 Å². The molecule has 2 fully saturated rings. The van der Waals surface area contributed by atoms with E-state index < -0.39 is 4.92 Å². The third-order valence-electron chi connectivity index (χ3n) is 4.56. The molecular weight excluding hydrogens is 332 g/mol. The highest BCUT2D eigenvalue weighted by molar-refractivity contribution is 5.42. The van der Waals surface area contributed by atoms with Crippen LogP contribution in [0.5, 0.6) is 11.5 Å². The maximum absolute atomic E-state index is 10.4. The standard InChI is InChI=1S/C10H11NO3.C10H13NO/c1-10(6-7-10)14-9-4-2-8(3-5-9)11(12)13;1-10(6-7-10)12-9-4-2-8(11)3-5-9/h2-5H,6-7H2,1H3;2-5H,6-7,11H2,1H3. The van der Waals surface area contributed by atoms with E-state index in [1.54, 1.807) is 12.1 Å². The van der Waals surface area contributed by atoms with Crippen LogP contribution in [0.1, 0.15) is 39.5 Å². The van der Waals surface area contributed by atoms with Gasteiger partial charge in [-0.25, -0.2) is 0 Å². The van der Waals surface area contributed by atoms with E-state index in [1.165, 1.54) is 12.1 Å². The van der Waals surface area contributed by atoms with Crippen molar-refractivity contribution in [3.8, 4) is 11.5 Å². The van der Waals surface area contributed by atoms with Gasteiger partial charge in [0.1, 0.15) is 22.7 Å². The molecule has 0 aliphatic heterocycles.